The normalized spacial score (nSPS) is 10.3. The summed E-state index contributed by atoms with van der Waals surface area (Å²) in [6, 6.07) is 12.8. The van der Waals surface area contributed by atoms with Crippen molar-refractivity contribution in [1.29, 1.82) is 0 Å². The highest BCUT2D eigenvalue weighted by molar-refractivity contribution is 5.67. The van der Waals surface area contributed by atoms with Crippen molar-refractivity contribution in [2.75, 3.05) is 21.3 Å². The number of ether oxygens (including phenoxy) is 4. The van der Waals surface area contributed by atoms with E-state index in [2.05, 4.69) is 15.5 Å². The van der Waals surface area contributed by atoms with Gasteiger partial charge in [0.1, 0.15) is 13.2 Å². The monoisotopic (exact) mass is 399 g/mol. The quantitative estimate of drug-likeness (QED) is 0.616. The zero-order valence-corrected chi connectivity index (χ0v) is 16.3. The summed E-state index contributed by atoms with van der Waals surface area (Å²) in [5.74, 6) is 1.95. The van der Waals surface area contributed by atoms with Crippen molar-refractivity contribution < 1.29 is 28.3 Å². The molecule has 9 nitrogen and oxygen atoms in total. The van der Waals surface area contributed by atoms with Crippen molar-refractivity contribution >= 4 is 6.09 Å². The molecular formula is C20H21N3O6. The van der Waals surface area contributed by atoms with E-state index in [1.54, 1.807) is 12.1 Å². The van der Waals surface area contributed by atoms with Gasteiger partial charge in [0.25, 0.3) is 0 Å². The van der Waals surface area contributed by atoms with Crippen LogP contribution in [0.3, 0.4) is 0 Å². The van der Waals surface area contributed by atoms with Crippen molar-refractivity contribution in [1.82, 2.24) is 15.5 Å². The minimum Gasteiger partial charge on any atom is -0.493 e. The maximum atomic E-state index is 11.8. The fourth-order valence-corrected chi connectivity index (χ4v) is 2.58. The number of hydrogen-bond donors (Lipinski definition) is 1. The van der Waals surface area contributed by atoms with Gasteiger partial charge >= 0.3 is 6.09 Å². The minimum atomic E-state index is -0.582. The summed E-state index contributed by atoms with van der Waals surface area (Å²) in [7, 11) is 4.57. The first-order valence-electron chi connectivity index (χ1n) is 8.72. The SMILES string of the molecule is COc1cc(-c2noc(CNC(=O)OCc3ccccc3)n2)cc(OC)c1OC. The Morgan fingerprint density at radius 3 is 2.34 bits per heavy atom. The van der Waals surface area contributed by atoms with Gasteiger partial charge in [-0.15, -0.1) is 0 Å². The van der Waals surface area contributed by atoms with E-state index in [0.717, 1.165) is 5.56 Å². The summed E-state index contributed by atoms with van der Waals surface area (Å²) in [5.41, 5.74) is 1.51. The van der Waals surface area contributed by atoms with E-state index in [4.69, 9.17) is 23.5 Å². The van der Waals surface area contributed by atoms with Gasteiger partial charge < -0.3 is 28.8 Å². The van der Waals surface area contributed by atoms with Crippen LogP contribution in [0.25, 0.3) is 11.4 Å². The van der Waals surface area contributed by atoms with Crippen LogP contribution in [0.2, 0.25) is 0 Å². The number of rotatable bonds is 8. The van der Waals surface area contributed by atoms with Crippen LogP contribution in [0, 0.1) is 0 Å². The molecule has 0 aliphatic carbocycles. The molecular weight excluding hydrogens is 378 g/mol. The first-order chi connectivity index (χ1) is 14.1. The molecule has 0 spiro atoms. The van der Waals surface area contributed by atoms with E-state index in [1.165, 1.54) is 21.3 Å². The third-order valence-corrected chi connectivity index (χ3v) is 3.99. The fourth-order valence-electron chi connectivity index (χ4n) is 2.58. The fraction of sp³-hybridized carbons (Fsp3) is 0.250. The molecule has 1 heterocycles. The van der Waals surface area contributed by atoms with Gasteiger partial charge in [-0.1, -0.05) is 35.5 Å². The van der Waals surface area contributed by atoms with Crippen LogP contribution in [0.1, 0.15) is 11.5 Å². The zero-order chi connectivity index (χ0) is 20.6. The molecule has 1 amide bonds. The Bertz CT molecular complexity index is 933. The molecule has 0 aliphatic rings. The van der Waals surface area contributed by atoms with E-state index in [9.17, 15) is 4.79 Å². The second-order valence-electron chi connectivity index (χ2n) is 5.84. The lowest BCUT2D eigenvalue weighted by atomic mass is 10.1. The predicted octanol–water partition coefficient (Wildman–Crippen LogP) is 3.19. The second kappa shape index (κ2) is 9.45. The Balaban J connectivity index is 1.62. The number of carbonyl (C=O) groups is 1. The Labute approximate surface area is 167 Å². The van der Waals surface area contributed by atoms with Crippen molar-refractivity contribution in [2.45, 2.75) is 13.2 Å². The van der Waals surface area contributed by atoms with E-state index in [-0.39, 0.29) is 19.0 Å². The molecule has 0 atom stereocenters. The number of aromatic nitrogens is 2. The van der Waals surface area contributed by atoms with Crippen LogP contribution in [0.15, 0.2) is 47.0 Å². The molecule has 0 saturated heterocycles. The lowest BCUT2D eigenvalue weighted by Gasteiger charge is -2.12. The Morgan fingerprint density at radius 1 is 1.03 bits per heavy atom. The molecule has 0 unspecified atom stereocenters. The molecule has 1 N–H and O–H groups in total. The van der Waals surface area contributed by atoms with Crippen LogP contribution in [-0.4, -0.2) is 37.6 Å². The molecule has 0 aliphatic heterocycles. The smallest absolute Gasteiger partial charge is 0.407 e. The standard InChI is InChI=1S/C20H21N3O6/c1-25-15-9-14(10-16(26-2)18(15)27-3)19-22-17(29-23-19)11-21-20(24)28-12-13-7-5-4-6-8-13/h4-10H,11-12H2,1-3H3,(H,21,24). The molecule has 29 heavy (non-hydrogen) atoms. The lowest BCUT2D eigenvalue weighted by Crippen LogP contribution is -2.23. The second-order valence-corrected chi connectivity index (χ2v) is 5.84. The number of carbonyl (C=O) groups excluding carboxylic acids is 1. The summed E-state index contributed by atoms with van der Waals surface area (Å²) in [5, 5.41) is 6.50. The molecule has 3 rings (SSSR count). The average Bonchev–Trinajstić information content (AvgIpc) is 3.25. The van der Waals surface area contributed by atoms with E-state index in [0.29, 0.717) is 28.6 Å². The summed E-state index contributed by atoms with van der Waals surface area (Å²) >= 11 is 0. The van der Waals surface area contributed by atoms with E-state index in [1.807, 2.05) is 30.3 Å². The number of benzene rings is 2. The largest absolute Gasteiger partial charge is 0.493 e. The van der Waals surface area contributed by atoms with Gasteiger partial charge in [0.15, 0.2) is 11.5 Å². The van der Waals surface area contributed by atoms with Gasteiger partial charge in [-0.3, -0.25) is 0 Å². The van der Waals surface area contributed by atoms with E-state index < -0.39 is 6.09 Å². The van der Waals surface area contributed by atoms with Crippen LogP contribution < -0.4 is 19.5 Å². The maximum Gasteiger partial charge on any atom is 0.407 e. The van der Waals surface area contributed by atoms with Gasteiger partial charge in [0, 0.05) is 5.56 Å². The van der Waals surface area contributed by atoms with Gasteiger partial charge in [0.05, 0.1) is 21.3 Å². The van der Waals surface area contributed by atoms with Crippen LogP contribution in [0.5, 0.6) is 17.2 Å². The molecule has 0 fully saturated rings. The van der Waals surface area contributed by atoms with Crippen molar-refractivity contribution in [2.24, 2.45) is 0 Å². The Hall–Kier alpha value is -3.75. The Kier molecular flexibility index (Phi) is 6.51. The van der Waals surface area contributed by atoms with Gasteiger partial charge in [-0.2, -0.15) is 4.98 Å². The van der Waals surface area contributed by atoms with Gasteiger partial charge in [-0.25, -0.2) is 4.79 Å². The molecule has 9 heteroatoms. The minimum absolute atomic E-state index is 0.0328. The summed E-state index contributed by atoms with van der Waals surface area (Å²) < 4.78 is 26.3. The molecule has 0 saturated carbocycles. The van der Waals surface area contributed by atoms with Crippen molar-refractivity contribution in [3.05, 3.63) is 53.9 Å². The number of amides is 1. The first kappa shape index (κ1) is 20.0. The van der Waals surface area contributed by atoms with Gasteiger partial charge in [0.2, 0.25) is 17.5 Å². The number of nitrogens with zero attached hydrogens (tertiary/aromatic N) is 2. The summed E-state index contributed by atoms with van der Waals surface area (Å²) in [4.78, 5) is 16.1. The summed E-state index contributed by atoms with van der Waals surface area (Å²) in [6.07, 6.45) is -0.582. The number of methoxy groups -OCH3 is 3. The van der Waals surface area contributed by atoms with Crippen LogP contribution in [0.4, 0.5) is 4.79 Å². The third kappa shape index (κ3) is 4.95. The summed E-state index contributed by atoms with van der Waals surface area (Å²) in [6.45, 7) is 0.207. The highest BCUT2D eigenvalue weighted by Gasteiger charge is 2.17. The zero-order valence-electron chi connectivity index (χ0n) is 16.3. The van der Waals surface area contributed by atoms with Gasteiger partial charge in [-0.05, 0) is 17.7 Å². The first-order valence-corrected chi connectivity index (χ1v) is 8.72. The van der Waals surface area contributed by atoms with Crippen LogP contribution in [-0.2, 0) is 17.9 Å². The predicted molar refractivity (Wildman–Crippen MR) is 103 cm³/mol. The molecule has 152 valence electrons. The van der Waals surface area contributed by atoms with Crippen LogP contribution >= 0.6 is 0 Å². The topological polar surface area (TPSA) is 105 Å². The number of hydrogen-bond acceptors (Lipinski definition) is 8. The number of alkyl carbamates (subject to hydrolysis) is 1. The third-order valence-electron chi connectivity index (χ3n) is 3.99. The molecule has 3 aromatic rings. The van der Waals surface area contributed by atoms with Crippen molar-refractivity contribution in [3.63, 3.8) is 0 Å². The highest BCUT2D eigenvalue weighted by atomic mass is 16.5. The van der Waals surface area contributed by atoms with Crippen molar-refractivity contribution in [3.8, 4) is 28.6 Å². The van der Waals surface area contributed by atoms with E-state index >= 15 is 0 Å². The highest BCUT2D eigenvalue weighted by Crippen LogP contribution is 2.40. The number of nitrogens with one attached hydrogen (secondary N) is 1. The maximum absolute atomic E-state index is 11.8. The molecule has 1 aromatic heterocycles. The molecule has 0 bridgehead atoms. The Morgan fingerprint density at radius 2 is 1.72 bits per heavy atom. The lowest BCUT2D eigenvalue weighted by molar-refractivity contribution is 0.138. The molecule has 2 aromatic carbocycles. The molecule has 0 radical (unpaired) electrons. The average molecular weight is 399 g/mol.